The van der Waals surface area contributed by atoms with Crippen molar-refractivity contribution < 1.29 is 8.81 Å². The second-order valence-corrected chi connectivity index (χ2v) is 8.92. The van der Waals surface area contributed by atoms with E-state index in [0.29, 0.717) is 24.2 Å². The number of nitrogens with zero attached hydrogens (tertiary/aromatic N) is 5. The third-order valence-electron chi connectivity index (χ3n) is 6.22. The Morgan fingerprint density at radius 2 is 1.79 bits per heavy atom. The summed E-state index contributed by atoms with van der Waals surface area (Å²) in [6.45, 7) is 1.10. The number of hydrogen-bond acceptors (Lipinski definition) is 5. The molecule has 0 bridgehead atoms. The van der Waals surface area contributed by atoms with Crippen LogP contribution in [0.2, 0.25) is 5.02 Å². The fourth-order valence-electron chi connectivity index (χ4n) is 4.62. The smallest absolute Gasteiger partial charge is 0.173 e. The van der Waals surface area contributed by atoms with E-state index in [2.05, 4.69) is 20.4 Å². The molecule has 4 aromatic rings. The fraction of sp³-hybridized carbons (Fsp3) is 0.320. The van der Waals surface area contributed by atoms with Crippen LogP contribution in [0.3, 0.4) is 0 Å². The molecule has 2 aromatic carbocycles. The van der Waals surface area contributed by atoms with Gasteiger partial charge < -0.3 is 4.42 Å². The van der Waals surface area contributed by atoms with Gasteiger partial charge in [0.1, 0.15) is 11.6 Å². The zero-order valence-corrected chi connectivity index (χ0v) is 18.9. The van der Waals surface area contributed by atoms with Gasteiger partial charge in [-0.2, -0.15) is 0 Å². The van der Waals surface area contributed by atoms with Gasteiger partial charge in [0, 0.05) is 11.6 Å². The molecule has 8 heteroatoms. The lowest BCUT2D eigenvalue weighted by atomic mass is 10.0. The number of aromatic nitrogens is 4. The van der Waals surface area contributed by atoms with Crippen molar-refractivity contribution in [2.24, 2.45) is 0 Å². The average molecular weight is 466 g/mol. The molecule has 1 atom stereocenters. The summed E-state index contributed by atoms with van der Waals surface area (Å²) in [4.78, 5) is 2.26. The van der Waals surface area contributed by atoms with Gasteiger partial charge in [-0.25, -0.2) is 9.07 Å². The molecule has 1 aliphatic rings. The van der Waals surface area contributed by atoms with Gasteiger partial charge in [0.25, 0.3) is 0 Å². The molecule has 5 rings (SSSR count). The van der Waals surface area contributed by atoms with Crippen LogP contribution in [-0.4, -0.2) is 25.1 Å². The molecule has 1 aliphatic carbocycles. The maximum atomic E-state index is 13.6. The molecule has 2 aromatic heterocycles. The second kappa shape index (κ2) is 9.85. The minimum absolute atomic E-state index is 0.243. The van der Waals surface area contributed by atoms with Gasteiger partial charge in [-0.15, -0.1) is 5.10 Å². The van der Waals surface area contributed by atoms with Crippen molar-refractivity contribution in [3.8, 4) is 0 Å². The van der Waals surface area contributed by atoms with E-state index in [1.165, 1.54) is 25.0 Å². The summed E-state index contributed by atoms with van der Waals surface area (Å²) < 4.78 is 21.3. The van der Waals surface area contributed by atoms with Gasteiger partial charge in [0.15, 0.2) is 5.82 Å². The zero-order valence-electron chi connectivity index (χ0n) is 18.1. The molecular formula is C25H25ClFN5O. The molecule has 2 heterocycles. The first-order valence-corrected chi connectivity index (χ1v) is 11.6. The largest absolute Gasteiger partial charge is 0.468 e. The summed E-state index contributed by atoms with van der Waals surface area (Å²) in [6, 6.07) is 18.3. The Morgan fingerprint density at radius 1 is 1.03 bits per heavy atom. The van der Waals surface area contributed by atoms with Crippen LogP contribution in [0.25, 0.3) is 0 Å². The summed E-state index contributed by atoms with van der Waals surface area (Å²) in [5.74, 6) is 1.37. The van der Waals surface area contributed by atoms with Gasteiger partial charge in [0.05, 0.1) is 24.9 Å². The van der Waals surface area contributed by atoms with Crippen LogP contribution in [0.15, 0.2) is 71.3 Å². The Balaban J connectivity index is 1.58. The van der Waals surface area contributed by atoms with Crippen molar-refractivity contribution in [2.75, 3.05) is 0 Å². The monoisotopic (exact) mass is 465 g/mol. The highest BCUT2D eigenvalue weighted by Gasteiger charge is 2.32. The molecule has 1 fully saturated rings. The molecular weight excluding hydrogens is 441 g/mol. The molecule has 1 saturated carbocycles. The lowest BCUT2D eigenvalue weighted by Crippen LogP contribution is -2.32. The van der Waals surface area contributed by atoms with Crippen LogP contribution in [-0.2, 0) is 13.1 Å². The topological polar surface area (TPSA) is 60.0 Å². The Labute approximate surface area is 197 Å². The maximum absolute atomic E-state index is 13.6. The predicted molar refractivity (Wildman–Crippen MR) is 123 cm³/mol. The van der Waals surface area contributed by atoms with Crippen LogP contribution >= 0.6 is 11.6 Å². The van der Waals surface area contributed by atoms with E-state index in [9.17, 15) is 4.39 Å². The highest BCUT2D eigenvalue weighted by Crippen LogP contribution is 2.35. The van der Waals surface area contributed by atoms with Gasteiger partial charge in [-0.1, -0.05) is 48.7 Å². The van der Waals surface area contributed by atoms with Crippen LogP contribution in [0.4, 0.5) is 4.39 Å². The summed E-state index contributed by atoms with van der Waals surface area (Å²) >= 11 is 6.21. The number of tetrazole rings is 1. The van der Waals surface area contributed by atoms with E-state index in [1.54, 1.807) is 6.26 Å². The van der Waals surface area contributed by atoms with E-state index >= 15 is 0 Å². The molecule has 33 heavy (non-hydrogen) atoms. The van der Waals surface area contributed by atoms with Crippen molar-refractivity contribution in [1.82, 2.24) is 25.1 Å². The Bertz CT molecular complexity index is 1150. The Morgan fingerprint density at radius 3 is 2.48 bits per heavy atom. The van der Waals surface area contributed by atoms with Gasteiger partial charge in [0.2, 0.25) is 0 Å². The normalized spacial score (nSPS) is 15.4. The van der Waals surface area contributed by atoms with E-state index in [0.717, 1.165) is 35.6 Å². The molecule has 0 spiro atoms. The Hall–Kier alpha value is -3.03. The second-order valence-electron chi connectivity index (χ2n) is 8.48. The Kier molecular flexibility index (Phi) is 6.51. The van der Waals surface area contributed by atoms with Crippen molar-refractivity contribution in [3.05, 3.63) is 100 Å². The summed E-state index contributed by atoms with van der Waals surface area (Å²) in [7, 11) is 0. The predicted octanol–water partition coefficient (Wildman–Crippen LogP) is 5.97. The number of benzene rings is 2. The van der Waals surface area contributed by atoms with Crippen LogP contribution < -0.4 is 0 Å². The molecule has 1 unspecified atom stereocenters. The molecule has 0 amide bonds. The molecule has 170 valence electrons. The third-order valence-corrected chi connectivity index (χ3v) is 6.47. The maximum Gasteiger partial charge on any atom is 0.173 e. The highest BCUT2D eigenvalue weighted by atomic mass is 35.5. The van der Waals surface area contributed by atoms with Gasteiger partial charge in [-0.3, -0.25) is 4.90 Å². The first-order chi connectivity index (χ1) is 16.2. The van der Waals surface area contributed by atoms with Crippen molar-refractivity contribution in [1.29, 1.82) is 0 Å². The molecule has 0 saturated heterocycles. The quantitative estimate of drug-likeness (QED) is 0.321. The number of hydrogen-bond donors (Lipinski definition) is 0. The van der Waals surface area contributed by atoms with Crippen molar-refractivity contribution in [2.45, 2.75) is 50.9 Å². The van der Waals surface area contributed by atoms with Crippen LogP contribution in [0.5, 0.6) is 0 Å². The van der Waals surface area contributed by atoms with Crippen LogP contribution in [0.1, 0.15) is 60.5 Å². The number of rotatable bonds is 8. The average Bonchev–Trinajstić information content (AvgIpc) is 3.60. The zero-order chi connectivity index (χ0) is 22.6. The fourth-order valence-corrected chi connectivity index (χ4v) is 4.75. The lowest BCUT2D eigenvalue weighted by Gasteiger charge is -2.31. The molecule has 6 nitrogen and oxygen atoms in total. The summed E-state index contributed by atoms with van der Waals surface area (Å²) in [5.41, 5.74) is 2.02. The minimum atomic E-state index is -0.254. The first-order valence-electron chi connectivity index (χ1n) is 11.2. The van der Waals surface area contributed by atoms with Gasteiger partial charge >= 0.3 is 0 Å². The number of furan rings is 1. The molecule has 0 aliphatic heterocycles. The summed E-state index contributed by atoms with van der Waals surface area (Å²) in [5, 5.41) is 13.6. The lowest BCUT2D eigenvalue weighted by molar-refractivity contribution is 0.177. The minimum Gasteiger partial charge on any atom is -0.468 e. The molecule has 0 N–H and O–H groups in total. The van der Waals surface area contributed by atoms with E-state index in [-0.39, 0.29) is 11.9 Å². The molecule has 0 radical (unpaired) electrons. The summed E-state index contributed by atoms with van der Waals surface area (Å²) in [6.07, 6.45) is 6.18. The van der Waals surface area contributed by atoms with E-state index in [4.69, 9.17) is 16.0 Å². The standard InChI is InChI=1S/C25H25ClFN5O/c26-20-11-9-19(10-12-20)24(25-28-29-30-32(25)22-4-1-2-5-22)31(17-23-6-3-15-33-23)16-18-7-13-21(27)14-8-18/h3,6-15,22,24H,1-2,4-5,16-17H2. The van der Waals surface area contributed by atoms with Crippen LogP contribution in [0, 0.1) is 5.82 Å². The number of halogens is 2. The SMILES string of the molecule is Fc1ccc(CN(Cc2ccco2)C(c2ccc(Cl)cc2)c2nnnn2C2CCCC2)cc1. The van der Waals surface area contributed by atoms with Crippen molar-refractivity contribution in [3.63, 3.8) is 0 Å². The van der Waals surface area contributed by atoms with Gasteiger partial charge in [-0.05, 0) is 70.8 Å². The van der Waals surface area contributed by atoms with Crippen molar-refractivity contribution >= 4 is 11.6 Å². The third kappa shape index (κ3) is 4.99. The highest BCUT2D eigenvalue weighted by molar-refractivity contribution is 6.30. The van der Waals surface area contributed by atoms with E-state index < -0.39 is 0 Å². The first kappa shape index (κ1) is 21.8. The van der Waals surface area contributed by atoms with E-state index in [1.807, 2.05) is 53.2 Å².